The Labute approximate surface area is 221 Å². The van der Waals surface area contributed by atoms with Crippen molar-refractivity contribution >= 4 is 34.6 Å². The number of hydrogen-bond donors (Lipinski definition) is 2. The van der Waals surface area contributed by atoms with E-state index in [0.29, 0.717) is 29.5 Å². The number of hydrogen-bond acceptors (Lipinski definition) is 5. The van der Waals surface area contributed by atoms with Crippen LogP contribution in [0.4, 0.5) is 11.4 Å². The number of amides is 1. The number of aromatic nitrogens is 3. The van der Waals surface area contributed by atoms with Gasteiger partial charge in [-0.15, -0.1) is 0 Å². The van der Waals surface area contributed by atoms with Crippen molar-refractivity contribution in [3.8, 4) is 5.75 Å². The average molecular weight is 513 g/mol. The summed E-state index contributed by atoms with van der Waals surface area (Å²) in [6.45, 7) is 2.44. The third-order valence-corrected chi connectivity index (χ3v) is 6.70. The monoisotopic (exact) mass is 512 g/mol. The summed E-state index contributed by atoms with van der Waals surface area (Å²) < 4.78 is 7.83. The van der Waals surface area contributed by atoms with Crippen molar-refractivity contribution in [1.82, 2.24) is 19.9 Å². The van der Waals surface area contributed by atoms with Crippen LogP contribution in [0.3, 0.4) is 0 Å². The Morgan fingerprint density at radius 2 is 1.89 bits per heavy atom. The highest BCUT2D eigenvalue weighted by Gasteiger charge is 2.42. The van der Waals surface area contributed by atoms with Gasteiger partial charge in [0.25, 0.3) is 0 Å². The topological polar surface area (TPSA) is 84.3 Å². The maximum atomic E-state index is 12.0. The van der Waals surface area contributed by atoms with Crippen LogP contribution >= 0.6 is 12.2 Å². The molecule has 0 spiro atoms. The lowest BCUT2D eigenvalue weighted by molar-refractivity contribution is -0.115. The van der Waals surface area contributed by atoms with Crippen molar-refractivity contribution in [3.63, 3.8) is 0 Å². The maximum Gasteiger partial charge on any atom is 0.224 e. The van der Waals surface area contributed by atoms with Gasteiger partial charge < -0.3 is 24.8 Å². The number of methoxy groups -OCH3 is 1. The summed E-state index contributed by atoms with van der Waals surface area (Å²) in [6, 6.07) is 21.3. The van der Waals surface area contributed by atoms with Gasteiger partial charge in [0.1, 0.15) is 11.8 Å². The fraction of sp³-hybridized carbons (Fsp3) is 0.214. The molecule has 0 radical (unpaired) electrons. The highest BCUT2D eigenvalue weighted by molar-refractivity contribution is 7.80. The molecule has 5 rings (SSSR count). The smallest absolute Gasteiger partial charge is 0.224 e. The highest BCUT2D eigenvalue weighted by atomic mass is 32.1. The summed E-state index contributed by atoms with van der Waals surface area (Å²) >= 11 is 5.88. The van der Waals surface area contributed by atoms with E-state index in [2.05, 4.69) is 42.3 Å². The molecule has 1 aromatic carbocycles. The molecular formula is C28H28N6O2S. The van der Waals surface area contributed by atoms with Crippen molar-refractivity contribution in [2.24, 2.45) is 0 Å². The summed E-state index contributed by atoms with van der Waals surface area (Å²) in [7, 11) is 1.59. The predicted molar refractivity (Wildman–Crippen MR) is 148 cm³/mol. The third kappa shape index (κ3) is 5.03. The van der Waals surface area contributed by atoms with E-state index < -0.39 is 0 Å². The minimum Gasteiger partial charge on any atom is -0.494 e. The fourth-order valence-corrected chi connectivity index (χ4v) is 4.96. The Morgan fingerprint density at radius 3 is 2.59 bits per heavy atom. The average Bonchev–Trinajstić information content (AvgIpc) is 3.53. The molecule has 2 N–H and O–H groups in total. The van der Waals surface area contributed by atoms with Crippen LogP contribution in [-0.4, -0.2) is 32.7 Å². The van der Waals surface area contributed by atoms with Crippen LogP contribution < -0.4 is 20.3 Å². The van der Waals surface area contributed by atoms with Gasteiger partial charge in [-0.25, -0.2) is 0 Å². The van der Waals surface area contributed by atoms with Gasteiger partial charge in [0.2, 0.25) is 5.91 Å². The number of carbonyl (C=O) groups is 1. The number of ether oxygens (including phenoxy) is 1. The number of rotatable bonds is 8. The van der Waals surface area contributed by atoms with Crippen LogP contribution in [0.1, 0.15) is 42.5 Å². The molecule has 188 valence electrons. The number of thiocarbonyl (C=S) groups is 1. The van der Waals surface area contributed by atoms with Crippen molar-refractivity contribution in [3.05, 3.63) is 102 Å². The summed E-state index contributed by atoms with van der Waals surface area (Å²) in [6.07, 6.45) is 6.04. The van der Waals surface area contributed by atoms with Gasteiger partial charge >= 0.3 is 0 Å². The quantitative estimate of drug-likeness (QED) is 0.326. The molecule has 37 heavy (non-hydrogen) atoms. The normalized spacial score (nSPS) is 16.9. The number of pyridine rings is 2. The molecule has 1 aliphatic rings. The third-order valence-electron chi connectivity index (χ3n) is 6.38. The summed E-state index contributed by atoms with van der Waals surface area (Å²) in [5, 5.41) is 6.98. The maximum absolute atomic E-state index is 12.0. The standard InChI is InChI=1S/C28H28N6O2S/c1-3-25(35)31-21-13-12-20(17-24(21)36-2)34-27(26(32-28(34)37)22-10-5-7-15-30-22)23-11-8-16-33(23)18-19-9-4-6-14-29-19/h4-17,26-27H,3,18H2,1-2H3,(H,31,35)(H,32,37)/t26-,27-/m1/s1. The zero-order valence-corrected chi connectivity index (χ0v) is 21.5. The first-order chi connectivity index (χ1) is 18.1. The molecule has 3 aromatic heterocycles. The molecule has 8 nitrogen and oxygen atoms in total. The first-order valence-electron chi connectivity index (χ1n) is 12.1. The van der Waals surface area contributed by atoms with E-state index in [1.165, 1.54) is 0 Å². The van der Waals surface area contributed by atoms with Crippen LogP contribution in [0.2, 0.25) is 0 Å². The number of nitrogens with zero attached hydrogens (tertiary/aromatic N) is 4. The summed E-state index contributed by atoms with van der Waals surface area (Å²) in [5.41, 5.74) is 4.38. The number of benzene rings is 1. The number of nitrogens with one attached hydrogen (secondary N) is 2. The van der Waals surface area contributed by atoms with Crippen molar-refractivity contribution in [2.45, 2.75) is 32.0 Å². The lowest BCUT2D eigenvalue weighted by Gasteiger charge is -2.29. The number of anilines is 2. The molecule has 1 fully saturated rings. The lowest BCUT2D eigenvalue weighted by Crippen LogP contribution is -2.30. The molecule has 4 aromatic rings. The Kier molecular flexibility index (Phi) is 7.14. The zero-order valence-electron chi connectivity index (χ0n) is 20.7. The Morgan fingerprint density at radius 1 is 1.08 bits per heavy atom. The Hall–Kier alpha value is -4.24. The molecule has 0 bridgehead atoms. The van der Waals surface area contributed by atoms with Crippen molar-refractivity contribution in [2.75, 3.05) is 17.3 Å². The van der Waals surface area contributed by atoms with Crippen LogP contribution in [0.15, 0.2) is 85.3 Å². The molecular weight excluding hydrogens is 484 g/mol. The Bertz CT molecular complexity index is 1390. The van der Waals surface area contributed by atoms with E-state index >= 15 is 0 Å². The van der Waals surface area contributed by atoms with Crippen LogP contribution in [0.25, 0.3) is 0 Å². The summed E-state index contributed by atoms with van der Waals surface area (Å²) in [4.78, 5) is 23.3. The SMILES string of the molecule is CCC(=O)Nc1ccc(N2C(=S)N[C@H](c3ccccn3)[C@H]2c2cccn2Cc2ccccn2)cc1OC. The molecule has 1 saturated heterocycles. The predicted octanol–water partition coefficient (Wildman–Crippen LogP) is 4.86. The minimum atomic E-state index is -0.193. The van der Waals surface area contributed by atoms with E-state index in [1.54, 1.807) is 19.5 Å². The zero-order chi connectivity index (χ0) is 25.8. The lowest BCUT2D eigenvalue weighted by atomic mass is 10.0. The molecule has 4 heterocycles. The molecule has 0 saturated carbocycles. The first kappa shape index (κ1) is 24.5. The van der Waals surface area contributed by atoms with Gasteiger partial charge in [0.05, 0.1) is 36.8 Å². The van der Waals surface area contributed by atoms with Crippen molar-refractivity contribution in [1.29, 1.82) is 0 Å². The van der Waals surface area contributed by atoms with Gasteiger partial charge in [-0.2, -0.15) is 0 Å². The fourth-order valence-electron chi connectivity index (χ4n) is 4.61. The molecule has 2 atom stereocenters. The van der Waals surface area contributed by atoms with Crippen LogP contribution in [0, 0.1) is 0 Å². The van der Waals surface area contributed by atoms with E-state index in [0.717, 1.165) is 22.8 Å². The molecule has 9 heteroatoms. The van der Waals surface area contributed by atoms with Crippen molar-refractivity contribution < 1.29 is 9.53 Å². The minimum absolute atomic E-state index is 0.0788. The molecule has 0 aliphatic carbocycles. The van der Waals surface area contributed by atoms with E-state index in [1.807, 2.05) is 67.6 Å². The molecule has 1 amide bonds. The van der Waals surface area contributed by atoms with Gasteiger partial charge in [0.15, 0.2) is 5.11 Å². The van der Waals surface area contributed by atoms with Crippen LogP contribution in [0.5, 0.6) is 5.75 Å². The second-order valence-electron chi connectivity index (χ2n) is 8.66. The molecule has 1 aliphatic heterocycles. The summed E-state index contributed by atoms with van der Waals surface area (Å²) in [5.74, 6) is 0.482. The largest absolute Gasteiger partial charge is 0.494 e. The van der Waals surface area contributed by atoms with Gasteiger partial charge in [-0.3, -0.25) is 14.8 Å². The highest BCUT2D eigenvalue weighted by Crippen LogP contribution is 2.43. The van der Waals surface area contributed by atoms with E-state index in [-0.39, 0.29) is 18.0 Å². The van der Waals surface area contributed by atoms with Gasteiger partial charge in [-0.1, -0.05) is 19.1 Å². The molecule has 0 unspecified atom stereocenters. The van der Waals surface area contributed by atoms with Gasteiger partial charge in [-0.05, 0) is 60.7 Å². The van der Waals surface area contributed by atoms with E-state index in [9.17, 15) is 4.79 Å². The number of carbonyl (C=O) groups excluding carboxylic acids is 1. The van der Waals surface area contributed by atoms with E-state index in [4.69, 9.17) is 17.0 Å². The Balaban J connectivity index is 1.58. The second kappa shape index (κ2) is 10.8. The first-order valence-corrected chi connectivity index (χ1v) is 12.5. The van der Waals surface area contributed by atoms with Crippen LogP contribution in [-0.2, 0) is 11.3 Å². The van der Waals surface area contributed by atoms with Gasteiger partial charge in [0, 0.05) is 42.5 Å². The second-order valence-corrected chi connectivity index (χ2v) is 9.05.